The quantitative estimate of drug-likeness (QED) is 0.367. The average Bonchev–Trinajstić information content (AvgIpc) is 3.42. The van der Waals surface area contributed by atoms with Gasteiger partial charge in [-0.05, 0) is 85.3 Å². The minimum Gasteiger partial charge on any atom is -0.313 e. The third-order valence-corrected chi connectivity index (χ3v) is 7.91. The van der Waals surface area contributed by atoms with Crippen LogP contribution in [0.25, 0.3) is 27.8 Å². The van der Waals surface area contributed by atoms with Gasteiger partial charge in [0.05, 0.1) is 11.0 Å². The molecule has 0 spiro atoms. The van der Waals surface area contributed by atoms with Crippen LogP contribution in [0, 0.1) is 19.3 Å². The topological polar surface area (TPSA) is 80.0 Å². The molecule has 0 radical (unpaired) electrons. The minimum absolute atomic E-state index is 0.00240. The summed E-state index contributed by atoms with van der Waals surface area (Å²) in [5.41, 5.74) is 8.95. The molecule has 0 amide bonds. The molecule has 7 nitrogen and oxygen atoms in total. The van der Waals surface area contributed by atoms with Crippen LogP contribution in [0.2, 0.25) is 0 Å². The van der Waals surface area contributed by atoms with Gasteiger partial charge in [-0.3, -0.25) is 4.57 Å². The zero-order valence-electron chi connectivity index (χ0n) is 22.8. The van der Waals surface area contributed by atoms with Gasteiger partial charge < -0.3 is 10.3 Å². The van der Waals surface area contributed by atoms with Gasteiger partial charge in [0.2, 0.25) is 0 Å². The molecule has 2 N–H and O–H groups in total. The summed E-state index contributed by atoms with van der Waals surface area (Å²) in [5, 5.41) is 8.14. The van der Waals surface area contributed by atoms with Crippen molar-refractivity contribution in [3.8, 4) is 11.1 Å². The Labute approximate surface area is 213 Å². The van der Waals surface area contributed by atoms with E-state index < -0.39 is 0 Å². The second-order valence-corrected chi connectivity index (χ2v) is 12.2. The molecule has 192 valence electrons. The highest BCUT2D eigenvalue weighted by Gasteiger charge is 2.27. The van der Waals surface area contributed by atoms with E-state index in [1.807, 2.05) is 9.08 Å². The Morgan fingerprint density at radius 2 is 1.81 bits per heavy atom. The van der Waals surface area contributed by atoms with E-state index in [1.54, 1.807) is 6.33 Å². The summed E-state index contributed by atoms with van der Waals surface area (Å²) in [6, 6.07) is 5.19. The molecule has 0 aliphatic heterocycles. The summed E-state index contributed by atoms with van der Waals surface area (Å²) in [4.78, 5) is 20.8. The fourth-order valence-electron chi connectivity index (χ4n) is 5.72. The number of pyridine rings is 1. The molecular weight excluding hydrogens is 448 g/mol. The third-order valence-electron chi connectivity index (χ3n) is 7.91. The molecule has 0 bridgehead atoms. The molecule has 5 rings (SSSR count). The molecule has 1 aliphatic carbocycles. The first-order valence-corrected chi connectivity index (χ1v) is 13.3. The number of fused-ring (bicyclic) bond motifs is 2. The average molecular weight is 489 g/mol. The molecule has 3 heterocycles. The number of aryl methyl sites for hydroxylation is 1. The number of hydrogen-bond acceptors (Lipinski definition) is 4. The zero-order valence-corrected chi connectivity index (χ0v) is 22.8. The van der Waals surface area contributed by atoms with Crippen molar-refractivity contribution in [2.75, 3.05) is 6.54 Å². The van der Waals surface area contributed by atoms with Crippen molar-refractivity contribution in [2.45, 2.75) is 92.2 Å². The molecule has 3 aromatic heterocycles. The second-order valence-electron chi connectivity index (χ2n) is 12.2. The maximum Gasteiger partial charge on any atom is 0.326 e. The Morgan fingerprint density at radius 1 is 1.08 bits per heavy atom. The summed E-state index contributed by atoms with van der Waals surface area (Å²) in [7, 11) is 0. The number of rotatable bonds is 5. The number of benzene rings is 1. The van der Waals surface area contributed by atoms with Crippen molar-refractivity contribution in [2.24, 2.45) is 5.41 Å². The van der Waals surface area contributed by atoms with Gasteiger partial charge in [0.1, 0.15) is 6.33 Å². The van der Waals surface area contributed by atoms with Crippen LogP contribution < -0.4 is 11.0 Å². The van der Waals surface area contributed by atoms with E-state index in [1.165, 1.54) is 11.1 Å². The lowest BCUT2D eigenvalue weighted by Crippen LogP contribution is -2.39. The van der Waals surface area contributed by atoms with E-state index in [2.05, 4.69) is 87.2 Å². The van der Waals surface area contributed by atoms with Gasteiger partial charge in [0, 0.05) is 30.4 Å². The number of nitrogens with zero attached hydrogens (tertiary/aromatic N) is 4. The van der Waals surface area contributed by atoms with E-state index in [-0.39, 0.29) is 17.1 Å². The third kappa shape index (κ3) is 4.49. The fraction of sp³-hybridized carbons (Fsp3) is 0.552. The van der Waals surface area contributed by atoms with Crippen LogP contribution >= 0.6 is 0 Å². The molecule has 0 saturated heterocycles. The molecule has 0 unspecified atom stereocenters. The lowest BCUT2D eigenvalue weighted by atomic mass is 9.88. The van der Waals surface area contributed by atoms with Crippen LogP contribution in [0.3, 0.4) is 0 Å². The summed E-state index contributed by atoms with van der Waals surface area (Å²) in [5.74, 6) is 0.311. The summed E-state index contributed by atoms with van der Waals surface area (Å²) in [6.45, 7) is 16.5. The van der Waals surface area contributed by atoms with E-state index in [0.717, 1.165) is 65.6 Å². The van der Waals surface area contributed by atoms with Gasteiger partial charge in [-0.2, -0.15) is 5.10 Å². The predicted molar refractivity (Wildman–Crippen MR) is 147 cm³/mol. The lowest BCUT2D eigenvalue weighted by molar-refractivity contribution is 0.264. The number of aromatic amines is 1. The number of aromatic nitrogens is 5. The zero-order chi connectivity index (χ0) is 25.8. The molecule has 7 heteroatoms. The molecular formula is C29H40N6O. The lowest BCUT2D eigenvalue weighted by Gasteiger charge is -2.32. The van der Waals surface area contributed by atoms with E-state index >= 15 is 0 Å². The van der Waals surface area contributed by atoms with Gasteiger partial charge in [-0.25, -0.2) is 14.3 Å². The second kappa shape index (κ2) is 9.18. The van der Waals surface area contributed by atoms with Gasteiger partial charge >= 0.3 is 5.69 Å². The highest BCUT2D eigenvalue weighted by Crippen LogP contribution is 2.37. The maximum absolute atomic E-state index is 13.2. The minimum atomic E-state index is 0.00240. The van der Waals surface area contributed by atoms with Crippen molar-refractivity contribution in [3.05, 3.63) is 51.8 Å². The maximum atomic E-state index is 13.2. The highest BCUT2D eigenvalue weighted by molar-refractivity contribution is 5.86. The molecule has 36 heavy (non-hydrogen) atoms. The Kier molecular flexibility index (Phi) is 6.31. The fourth-order valence-corrected chi connectivity index (χ4v) is 5.72. The Morgan fingerprint density at radius 3 is 2.47 bits per heavy atom. The van der Waals surface area contributed by atoms with E-state index in [9.17, 15) is 4.79 Å². The van der Waals surface area contributed by atoms with E-state index in [0.29, 0.717) is 12.0 Å². The Hall–Kier alpha value is -2.93. The first kappa shape index (κ1) is 24.8. The molecule has 1 fully saturated rings. The van der Waals surface area contributed by atoms with Crippen molar-refractivity contribution in [3.63, 3.8) is 0 Å². The number of H-pyrrole nitrogens is 1. The van der Waals surface area contributed by atoms with Crippen LogP contribution in [0.15, 0.2) is 29.5 Å². The van der Waals surface area contributed by atoms with Crippen LogP contribution in [-0.4, -0.2) is 36.7 Å². The monoisotopic (exact) mass is 488 g/mol. The van der Waals surface area contributed by atoms with Gasteiger partial charge in [0.15, 0.2) is 5.65 Å². The van der Waals surface area contributed by atoms with Crippen LogP contribution in [0.4, 0.5) is 0 Å². The normalized spacial score (nSPS) is 19.1. The molecule has 4 aromatic rings. The summed E-state index contributed by atoms with van der Waals surface area (Å²) < 4.78 is 3.88. The first-order chi connectivity index (χ1) is 17.0. The predicted octanol–water partition coefficient (Wildman–Crippen LogP) is 5.90. The number of nitrogens with one attached hydrogen (secondary N) is 2. The van der Waals surface area contributed by atoms with Crippen LogP contribution in [0.5, 0.6) is 0 Å². The summed E-state index contributed by atoms with van der Waals surface area (Å²) in [6.07, 6.45) is 7.92. The largest absolute Gasteiger partial charge is 0.326 e. The van der Waals surface area contributed by atoms with Crippen molar-refractivity contribution in [1.29, 1.82) is 0 Å². The van der Waals surface area contributed by atoms with Crippen molar-refractivity contribution >= 4 is 16.7 Å². The van der Waals surface area contributed by atoms with Crippen molar-refractivity contribution < 1.29 is 0 Å². The van der Waals surface area contributed by atoms with Crippen LogP contribution in [0.1, 0.15) is 89.0 Å². The standard InChI is InChI=1S/C29H40N6O/c1-17(2)22-13-26-25(12-23(22)24-14-34-27(31-16-32-34)19(4)18(24)3)33-28(36)35(26)21-10-8-20(9-11-21)30-15-29(5,6)7/h12-14,16-17,20-21,30H,8-11,15H2,1-7H3,(H,33,36). The Bertz CT molecular complexity index is 1460. The molecule has 1 saturated carbocycles. The molecule has 1 aliphatic rings. The Balaban J connectivity index is 1.52. The SMILES string of the molecule is Cc1c(-c2cc3[nH]c(=O)n(C4CCC(NCC(C)(C)C)CC4)c3cc2C(C)C)cn2ncnc2c1C. The number of hydrogen-bond donors (Lipinski definition) is 2. The molecule has 0 atom stereocenters. The van der Waals surface area contributed by atoms with Crippen molar-refractivity contribution in [1.82, 2.24) is 29.5 Å². The summed E-state index contributed by atoms with van der Waals surface area (Å²) >= 11 is 0. The van der Waals surface area contributed by atoms with Gasteiger partial charge in [-0.1, -0.05) is 34.6 Å². The first-order valence-electron chi connectivity index (χ1n) is 13.3. The van der Waals surface area contributed by atoms with Gasteiger partial charge in [-0.15, -0.1) is 0 Å². The highest BCUT2D eigenvalue weighted by atomic mass is 16.1. The smallest absolute Gasteiger partial charge is 0.313 e. The molecule has 1 aromatic carbocycles. The van der Waals surface area contributed by atoms with Crippen LogP contribution in [-0.2, 0) is 0 Å². The van der Waals surface area contributed by atoms with Gasteiger partial charge in [0.25, 0.3) is 0 Å². The number of imidazole rings is 1. The van der Waals surface area contributed by atoms with E-state index in [4.69, 9.17) is 0 Å².